The van der Waals surface area contributed by atoms with Crippen LogP contribution in [0.25, 0.3) is 0 Å². The highest BCUT2D eigenvalue weighted by Gasteiger charge is 2.24. The van der Waals surface area contributed by atoms with E-state index in [1.165, 1.54) is 28.6 Å². The Balaban J connectivity index is 1.91. The number of carbonyl (C=O) groups excluding carboxylic acids is 1. The van der Waals surface area contributed by atoms with Gasteiger partial charge in [-0.1, -0.05) is 6.92 Å². The van der Waals surface area contributed by atoms with E-state index in [-0.39, 0.29) is 12.5 Å². The van der Waals surface area contributed by atoms with E-state index in [1.54, 1.807) is 18.2 Å². The fourth-order valence-corrected chi connectivity index (χ4v) is 4.62. The van der Waals surface area contributed by atoms with E-state index >= 15 is 0 Å². The summed E-state index contributed by atoms with van der Waals surface area (Å²) >= 11 is 0. The molecule has 0 aliphatic carbocycles. The maximum atomic E-state index is 13.4. The summed E-state index contributed by atoms with van der Waals surface area (Å²) in [6, 6.07) is 10.4. The average Bonchev–Trinajstić information content (AvgIpc) is 2.78. The second-order valence-corrected chi connectivity index (χ2v) is 9.63. The van der Waals surface area contributed by atoms with Gasteiger partial charge in [0.25, 0.3) is 5.91 Å². The van der Waals surface area contributed by atoms with Gasteiger partial charge in [0.05, 0.1) is 25.1 Å². The number of piperazine rings is 1. The van der Waals surface area contributed by atoms with Gasteiger partial charge in [0, 0.05) is 37.3 Å². The second-order valence-electron chi connectivity index (χ2n) is 7.73. The average molecular weight is 464 g/mol. The molecular weight excluding hydrogens is 433 g/mol. The molecule has 1 heterocycles. The van der Waals surface area contributed by atoms with Gasteiger partial charge in [-0.15, -0.1) is 0 Å². The van der Waals surface area contributed by atoms with Crippen molar-refractivity contribution in [3.05, 3.63) is 59.4 Å². The fourth-order valence-electron chi connectivity index (χ4n) is 3.74. The van der Waals surface area contributed by atoms with Crippen molar-refractivity contribution in [1.29, 1.82) is 0 Å². The summed E-state index contributed by atoms with van der Waals surface area (Å²) in [6.07, 6.45) is 1.10. The molecule has 1 aliphatic heterocycles. The largest absolute Gasteiger partial charge is 0.494 e. The molecule has 3 rings (SSSR count). The van der Waals surface area contributed by atoms with Crippen molar-refractivity contribution in [2.24, 2.45) is 0 Å². The fraction of sp³-hybridized carbons (Fsp3) is 0.435. The first-order valence-corrected chi connectivity index (χ1v) is 12.6. The lowest BCUT2D eigenvalue weighted by Gasteiger charge is -2.34. The number of hydrogen-bond donors (Lipinski definition) is 0. The van der Waals surface area contributed by atoms with Gasteiger partial charge in [-0.2, -0.15) is 0 Å². The van der Waals surface area contributed by atoms with E-state index < -0.39 is 15.8 Å². The first kappa shape index (κ1) is 24.0. The van der Waals surface area contributed by atoms with E-state index in [9.17, 15) is 17.6 Å². The Kier molecular flexibility index (Phi) is 7.73. The molecule has 0 bridgehead atoms. The van der Waals surface area contributed by atoms with E-state index in [1.807, 2.05) is 11.8 Å². The molecule has 1 amide bonds. The first-order valence-electron chi connectivity index (χ1n) is 10.7. The van der Waals surface area contributed by atoms with Crippen molar-refractivity contribution in [2.75, 3.05) is 49.9 Å². The number of anilines is 1. The SMILES string of the molecule is CCOc1ccc(C(=O)N2CCN(CC)CC2)cc1CN(c1ccc(F)cc1)S(C)(=O)=O. The molecule has 7 nitrogen and oxygen atoms in total. The van der Waals surface area contributed by atoms with Gasteiger partial charge in [-0.25, -0.2) is 12.8 Å². The van der Waals surface area contributed by atoms with Gasteiger partial charge in [0.2, 0.25) is 10.0 Å². The van der Waals surface area contributed by atoms with Crippen molar-refractivity contribution in [3.8, 4) is 5.75 Å². The van der Waals surface area contributed by atoms with Crippen LogP contribution in [0.5, 0.6) is 5.75 Å². The molecule has 2 aromatic rings. The molecule has 0 aromatic heterocycles. The standard InChI is InChI=1S/C23H30FN3O4S/c1-4-25-12-14-26(15-13-25)23(28)18-6-11-22(31-5-2)19(16-18)17-27(32(3,29)30)21-9-7-20(24)8-10-21/h6-11,16H,4-5,12-15,17H2,1-3H3. The van der Waals surface area contributed by atoms with E-state index in [2.05, 4.69) is 11.8 Å². The van der Waals surface area contributed by atoms with Gasteiger partial charge < -0.3 is 14.5 Å². The number of amides is 1. The highest BCUT2D eigenvalue weighted by atomic mass is 32.2. The molecule has 0 radical (unpaired) electrons. The molecule has 174 valence electrons. The van der Waals surface area contributed by atoms with Gasteiger partial charge in [-0.3, -0.25) is 9.10 Å². The van der Waals surface area contributed by atoms with E-state index in [0.717, 1.165) is 25.9 Å². The molecule has 2 aromatic carbocycles. The van der Waals surface area contributed by atoms with Crippen LogP contribution in [0.4, 0.5) is 10.1 Å². The van der Waals surface area contributed by atoms with Crippen LogP contribution in [0.3, 0.4) is 0 Å². The minimum absolute atomic E-state index is 0.0372. The molecule has 0 spiro atoms. The Morgan fingerprint density at radius 1 is 1.06 bits per heavy atom. The maximum Gasteiger partial charge on any atom is 0.253 e. The highest BCUT2D eigenvalue weighted by Crippen LogP contribution is 2.27. The van der Waals surface area contributed by atoms with Crippen molar-refractivity contribution in [1.82, 2.24) is 9.80 Å². The third-order valence-corrected chi connectivity index (χ3v) is 6.68. The third kappa shape index (κ3) is 5.77. The quantitative estimate of drug-likeness (QED) is 0.602. The number of halogens is 1. The monoisotopic (exact) mass is 463 g/mol. The molecular formula is C23H30FN3O4S. The van der Waals surface area contributed by atoms with Crippen LogP contribution in [0.1, 0.15) is 29.8 Å². The summed E-state index contributed by atoms with van der Waals surface area (Å²) in [5, 5.41) is 0. The van der Waals surface area contributed by atoms with Crippen LogP contribution in [0.15, 0.2) is 42.5 Å². The zero-order valence-corrected chi connectivity index (χ0v) is 19.6. The normalized spacial score (nSPS) is 14.9. The van der Waals surface area contributed by atoms with Gasteiger partial charge >= 0.3 is 0 Å². The highest BCUT2D eigenvalue weighted by molar-refractivity contribution is 7.92. The number of benzene rings is 2. The summed E-state index contributed by atoms with van der Waals surface area (Å²) in [4.78, 5) is 17.2. The predicted molar refractivity (Wildman–Crippen MR) is 123 cm³/mol. The number of sulfonamides is 1. The summed E-state index contributed by atoms with van der Waals surface area (Å²) in [5.41, 5.74) is 1.39. The number of ether oxygens (including phenoxy) is 1. The third-order valence-electron chi connectivity index (χ3n) is 5.54. The lowest BCUT2D eigenvalue weighted by atomic mass is 10.1. The molecule has 0 atom stereocenters. The van der Waals surface area contributed by atoms with E-state index in [0.29, 0.717) is 42.3 Å². The molecule has 1 saturated heterocycles. The number of rotatable bonds is 8. The van der Waals surface area contributed by atoms with Crippen LogP contribution < -0.4 is 9.04 Å². The van der Waals surface area contributed by atoms with Crippen molar-refractivity contribution < 1.29 is 22.3 Å². The Labute approximate surface area is 189 Å². The molecule has 0 unspecified atom stereocenters. The van der Waals surface area contributed by atoms with Crippen LogP contribution in [0.2, 0.25) is 0 Å². The Hall–Kier alpha value is -2.65. The topological polar surface area (TPSA) is 70.2 Å². The summed E-state index contributed by atoms with van der Waals surface area (Å²) < 4.78 is 45.3. The summed E-state index contributed by atoms with van der Waals surface area (Å²) in [6.45, 7) is 8.23. The smallest absolute Gasteiger partial charge is 0.253 e. The maximum absolute atomic E-state index is 13.4. The Morgan fingerprint density at radius 3 is 2.28 bits per heavy atom. The van der Waals surface area contributed by atoms with Crippen molar-refractivity contribution >= 4 is 21.6 Å². The lowest BCUT2D eigenvalue weighted by Crippen LogP contribution is -2.48. The molecule has 1 aliphatic rings. The minimum atomic E-state index is -3.67. The first-order chi connectivity index (χ1) is 15.2. The van der Waals surface area contributed by atoms with Crippen molar-refractivity contribution in [3.63, 3.8) is 0 Å². The Bertz CT molecular complexity index is 1040. The lowest BCUT2D eigenvalue weighted by molar-refractivity contribution is 0.0643. The Morgan fingerprint density at radius 2 is 1.72 bits per heavy atom. The number of likely N-dealkylation sites (N-methyl/N-ethyl adjacent to an activating group) is 1. The molecule has 32 heavy (non-hydrogen) atoms. The second kappa shape index (κ2) is 10.3. The van der Waals surface area contributed by atoms with Crippen molar-refractivity contribution in [2.45, 2.75) is 20.4 Å². The van der Waals surface area contributed by atoms with Crippen LogP contribution in [-0.2, 0) is 16.6 Å². The van der Waals surface area contributed by atoms with Gasteiger partial charge in [0.15, 0.2) is 0 Å². The predicted octanol–water partition coefficient (Wildman–Crippen LogP) is 2.97. The van der Waals surface area contributed by atoms with Gasteiger partial charge in [-0.05, 0) is 55.9 Å². The van der Waals surface area contributed by atoms with Crippen LogP contribution in [-0.4, -0.2) is 69.7 Å². The molecule has 0 N–H and O–H groups in total. The molecule has 1 fully saturated rings. The number of nitrogens with zero attached hydrogens (tertiary/aromatic N) is 3. The molecule has 0 saturated carbocycles. The number of carbonyl (C=O) groups is 1. The number of hydrogen-bond acceptors (Lipinski definition) is 5. The van der Waals surface area contributed by atoms with Crippen LogP contribution >= 0.6 is 0 Å². The van der Waals surface area contributed by atoms with Crippen LogP contribution in [0, 0.1) is 5.82 Å². The minimum Gasteiger partial charge on any atom is -0.494 e. The molecule has 9 heteroatoms. The zero-order chi connectivity index (χ0) is 23.3. The summed E-state index contributed by atoms with van der Waals surface area (Å²) in [7, 11) is -3.67. The zero-order valence-electron chi connectivity index (χ0n) is 18.8. The summed E-state index contributed by atoms with van der Waals surface area (Å²) in [5.74, 6) is -0.0266. The van der Waals surface area contributed by atoms with Gasteiger partial charge in [0.1, 0.15) is 11.6 Å². The van der Waals surface area contributed by atoms with E-state index in [4.69, 9.17) is 4.74 Å².